The van der Waals surface area contributed by atoms with Crippen LogP contribution in [-0.2, 0) is 164 Å². The molecule has 0 amide bonds. The minimum absolute atomic E-state index is 0.00977. The summed E-state index contributed by atoms with van der Waals surface area (Å²) in [4.78, 5) is 89.9. The number of rotatable bonds is 47. The molecule has 4 aliphatic heterocycles. The van der Waals surface area contributed by atoms with Crippen LogP contribution in [0.1, 0.15) is 74.1 Å². The SMILES string of the molecule is C=C1OC(C)=C(COP(=O)(COCCn2cnc3c(=O)[nH]c(N)nc32)OCc2ccccc2)O1.C=C1OC(CO)=C(COP(=O)(COCCn2cnc3c(=O)[nH]c(N)nc32)OCc2ccccc2)O1.C=C1OC(COP(=O)(COCCn2cnc3c(=O)[nH]c(N)nc32)OCc2ccccc2)=C(C2CCC(F)(F)C2)O1.C=C1OC(COP(=O)(COCCn2cnc3c(=O)[nH]c(N)nc32)OCc2ccccc2)=C(C2CCCC2)O1. The van der Waals surface area contributed by atoms with Crippen LogP contribution in [0.4, 0.5) is 32.6 Å². The number of aromatic amines is 4. The Hall–Kier alpha value is -13.9. The van der Waals surface area contributed by atoms with E-state index in [0.717, 1.165) is 47.9 Å². The minimum Gasteiger partial charge on any atom is -0.428 e. The van der Waals surface area contributed by atoms with E-state index >= 15 is 0 Å². The molecule has 4 aromatic carbocycles. The van der Waals surface area contributed by atoms with Gasteiger partial charge in [0.05, 0.1) is 78.2 Å². The van der Waals surface area contributed by atoms with E-state index in [-0.39, 0.29) is 241 Å². The highest BCUT2D eigenvalue weighted by molar-refractivity contribution is 7.54. The zero-order valence-corrected chi connectivity index (χ0v) is 82.8. The number of halogens is 2. The molecular weight excluding hydrogens is 2010 g/mol. The lowest BCUT2D eigenvalue weighted by Gasteiger charge is -2.19. The molecule has 12 heterocycles. The van der Waals surface area contributed by atoms with Gasteiger partial charge in [0.25, 0.3) is 46.0 Å². The van der Waals surface area contributed by atoms with Gasteiger partial charge in [-0.15, -0.1) is 0 Å². The number of alkyl halides is 2. The first-order chi connectivity index (χ1) is 70.7. The number of H-pyrrole nitrogens is 4. The number of hydrogen-bond donors (Lipinski definition) is 9. The Kier molecular flexibility index (Phi) is 36.1. The fraction of sp³-hybridized carbons (Fsp3) is 0.348. The fourth-order valence-corrected chi connectivity index (χ4v) is 20.1. The Morgan fingerprint density at radius 2 is 0.653 bits per heavy atom. The first-order valence-corrected chi connectivity index (χ1v) is 52.5. The van der Waals surface area contributed by atoms with Crippen molar-refractivity contribution in [3.63, 3.8) is 0 Å². The summed E-state index contributed by atoms with van der Waals surface area (Å²) in [5.74, 6) is -0.500. The maximum absolute atomic E-state index is 13.8. The maximum atomic E-state index is 13.8. The fourth-order valence-electron chi connectivity index (χ4n) is 15.1. The number of aliphatic hydroxyl groups excluding tert-OH is 1. The summed E-state index contributed by atoms with van der Waals surface area (Å²) in [6.07, 6.45) is 8.18. The van der Waals surface area contributed by atoms with Crippen LogP contribution in [0, 0.1) is 11.8 Å². The van der Waals surface area contributed by atoms with Crippen LogP contribution < -0.4 is 45.2 Å². The standard InChI is InChI=1S/C25H28F2N5O7P.C25H30N5O7P.C21H24N5O8P.C21H24N5O7P/c1-16-38-19(21(39-16)18-7-8-25(26,27)11-18)13-37-40(34,36-12-17-5-3-2-4-6-17)15-35-10-9-32-14-29-20-22(32)30-24(28)31-23(20)33;1-17-36-20(22(37-17)19-9-5-6-10-19)14-35-38(32,34-13-18-7-3-2-4-8-18)16-33-12-11-30-15-27-21-23(30)28-25(26)29-24(21)31;1-14-33-16(9-27)17(34-14)11-32-35(29,31-10-15-5-3-2-4-6-15)13-30-8-7-26-12-23-18-19(26)24-21(22)25-20(18)28;1-14-17(33-15(2)32-14)11-31-34(28,30-10-16-6-4-3-5-7-16)13-29-9-8-26-12-23-18-19(26)24-21(22)25-20(18)27/h2-6,14,18H,1,7-13,15H2,(H3,28,30,31,33);2-4,7-8,15,19H,1,5-6,9-14,16H2,(H3,26,28,29,31);2-6,12,27H,1,7-11,13H2,(H3,22,24,25,28);3-7,12H,2,8-11,13H2,1H3,(H3,22,24,25,27). The van der Waals surface area contributed by atoms with Gasteiger partial charge in [0.2, 0.25) is 29.7 Å². The van der Waals surface area contributed by atoms with Crippen molar-refractivity contribution in [2.24, 2.45) is 11.8 Å². The number of nitrogens with one attached hydrogen (secondary N) is 4. The van der Waals surface area contributed by atoms with Gasteiger partial charge in [-0.1, -0.05) is 134 Å². The van der Waals surface area contributed by atoms with Crippen LogP contribution in [0.25, 0.3) is 44.7 Å². The first kappa shape index (κ1) is 107. The summed E-state index contributed by atoms with van der Waals surface area (Å²) < 4.78 is 200. The molecule has 49 nitrogen and oxygen atoms in total. The van der Waals surface area contributed by atoms with Gasteiger partial charge in [0, 0.05) is 50.9 Å². The molecule has 0 bridgehead atoms. The van der Waals surface area contributed by atoms with Crippen LogP contribution in [-0.4, -0.2) is 174 Å². The molecule has 782 valence electrons. The number of aliphatic hydroxyl groups is 1. The Bertz CT molecular complexity index is 7320. The lowest BCUT2D eigenvalue weighted by molar-refractivity contribution is 0.00450. The van der Waals surface area contributed by atoms with Crippen LogP contribution in [0.2, 0.25) is 0 Å². The number of benzene rings is 4. The summed E-state index contributed by atoms with van der Waals surface area (Å²) >= 11 is 0. The third kappa shape index (κ3) is 29.7. The number of imidazole rings is 4. The van der Waals surface area contributed by atoms with E-state index in [4.69, 9.17) is 116 Å². The molecule has 0 radical (unpaired) electrons. The molecule has 6 aliphatic rings. The predicted octanol–water partition coefficient (Wildman–Crippen LogP) is 13.0. The average molecular weight is 2120 g/mol. The van der Waals surface area contributed by atoms with E-state index < -0.39 is 77.4 Å². The molecule has 5 unspecified atom stereocenters. The predicted molar refractivity (Wildman–Crippen MR) is 523 cm³/mol. The number of hydrogen-bond acceptors (Lipinski definition) is 41. The van der Waals surface area contributed by atoms with Crippen LogP contribution in [0.15, 0.2) is 262 Å². The molecule has 0 spiro atoms. The number of nitrogen functional groups attached to an aromatic ring is 4. The van der Waals surface area contributed by atoms with Crippen molar-refractivity contribution < 1.29 is 125 Å². The van der Waals surface area contributed by atoms with Crippen molar-refractivity contribution in [3.8, 4) is 0 Å². The Morgan fingerprint density at radius 1 is 0.381 bits per heavy atom. The summed E-state index contributed by atoms with van der Waals surface area (Å²) in [6, 6.07) is 36.9. The number of fused-ring (bicyclic) bond motifs is 4. The van der Waals surface area contributed by atoms with Crippen molar-refractivity contribution in [3.05, 3.63) is 306 Å². The van der Waals surface area contributed by atoms with Crippen molar-refractivity contribution in [2.45, 2.75) is 110 Å². The number of nitrogens with two attached hydrogens (primary N) is 4. The van der Waals surface area contributed by atoms with Crippen molar-refractivity contribution in [1.29, 1.82) is 0 Å². The van der Waals surface area contributed by atoms with Gasteiger partial charge in [0.15, 0.2) is 85.0 Å². The second kappa shape index (κ2) is 49.5. The van der Waals surface area contributed by atoms with Gasteiger partial charge in [0.1, 0.15) is 64.2 Å². The number of aromatic nitrogens is 16. The lowest BCUT2D eigenvalue weighted by Crippen LogP contribution is -2.14. The number of nitrogens with zero attached hydrogens (tertiary/aromatic N) is 12. The van der Waals surface area contributed by atoms with Gasteiger partial charge in [-0.3, -0.25) is 75.5 Å². The number of allylic oxidation sites excluding steroid dienone is 3. The average Bonchev–Trinajstić information content (AvgIpc) is 1.68. The second-order valence-corrected chi connectivity index (χ2v) is 41.1. The number of ether oxygens (including phenoxy) is 12. The van der Waals surface area contributed by atoms with Gasteiger partial charge >= 0.3 is 30.4 Å². The molecule has 147 heavy (non-hydrogen) atoms. The van der Waals surface area contributed by atoms with Crippen molar-refractivity contribution in [2.75, 3.05) is 108 Å². The van der Waals surface area contributed by atoms with Gasteiger partial charge in [-0.2, -0.15) is 19.9 Å². The van der Waals surface area contributed by atoms with E-state index in [1.165, 1.54) is 25.3 Å². The van der Waals surface area contributed by atoms with Gasteiger partial charge in [-0.05, 0) is 74.8 Å². The van der Waals surface area contributed by atoms with E-state index in [9.17, 15) is 51.3 Å². The smallest absolute Gasteiger partial charge is 0.356 e. The Morgan fingerprint density at radius 3 is 0.952 bits per heavy atom. The summed E-state index contributed by atoms with van der Waals surface area (Å²) in [5, 5.41) is 9.38. The van der Waals surface area contributed by atoms with Crippen LogP contribution in [0.3, 0.4) is 0 Å². The van der Waals surface area contributed by atoms with Crippen LogP contribution >= 0.6 is 30.4 Å². The lowest BCUT2D eigenvalue weighted by atomic mass is 10.0. The zero-order chi connectivity index (χ0) is 104. The van der Waals surface area contributed by atoms with E-state index in [2.05, 4.69) is 86.1 Å². The molecular formula is C92H106F2N20O29P4. The quantitative estimate of drug-likeness (QED) is 0.0126. The summed E-state index contributed by atoms with van der Waals surface area (Å²) in [6.45, 7) is 16.4. The molecule has 12 aromatic rings. The summed E-state index contributed by atoms with van der Waals surface area (Å²) in [7, 11) is -15.1. The summed E-state index contributed by atoms with van der Waals surface area (Å²) in [5.41, 5.74) is 25.8. The maximum Gasteiger partial charge on any atom is 0.356 e. The Labute approximate surface area is 834 Å². The second-order valence-electron chi connectivity index (χ2n) is 33.1. The minimum atomic E-state index is -3.90. The molecule has 2 saturated carbocycles. The van der Waals surface area contributed by atoms with E-state index in [1.807, 2.05) is 109 Å². The normalized spacial score (nSPS) is 17.2. The van der Waals surface area contributed by atoms with E-state index in [1.54, 1.807) is 37.3 Å². The highest BCUT2D eigenvalue weighted by Gasteiger charge is 2.45. The molecule has 5 atom stereocenters. The molecule has 55 heteroatoms. The van der Waals surface area contributed by atoms with Crippen LogP contribution in [0.5, 0.6) is 0 Å². The first-order valence-electron chi connectivity index (χ1n) is 45.6. The van der Waals surface area contributed by atoms with Gasteiger partial charge in [-0.25, -0.2) is 28.7 Å². The Balaban J connectivity index is 0.000000147. The monoisotopic (exact) mass is 2120 g/mol. The van der Waals surface area contributed by atoms with E-state index in [0.29, 0.717) is 46.5 Å². The van der Waals surface area contributed by atoms with Gasteiger partial charge < -0.3 is 121 Å². The highest BCUT2D eigenvalue weighted by atomic mass is 31.2. The third-order valence-electron chi connectivity index (χ3n) is 22.3. The molecule has 0 saturated heterocycles. The molecule has 2 aliphatic carbocycles. The molecule has 13 N–H and O–H groups in total. The van der Waals surface area contributed by atoms with Crippen molar-refractivity contribution >= 4 is 98.8 Å². The number of anilines is 4. The third-order valence-corrected chi connectivity index (χ3v) is 28.5. The molecule has 8 aromatic heterocycles. The largest absolute Gasteiger partial charge is 0.428 e. The molecule has 2 fully saturated rings. The molecule has 18 rings (SSSR count). The van der Waals surface area contributed by atoms with Crippen molar-refractivity contribution in [1.82, 2.24) is 78.1 Å². The zero-order valence-electron chi connectivity index (χ0n) is 79.2. The highest BCUT2D eigenvalue weighted by Crippen LogP contribution is 2.55. The topological polar surface area (TPSA) is 631 Å².